The van der Waals surface area contributed by atoms with Crippen LogP contribution >= 0.6 is 0 Å². The number of aromatic nitrogens is 1. The van der Waals surface area contributed by atoms with Crippen molar-refractivity contribution in [2.75, 3.05) is 27.7 Å². The fourth-order valence-electron chi connectivity index (χ4n) is 7.26. The first-order valence-corrected chi connectivity index (χ1v) is 13.1. The summed E-state index contributed by atoms with van der Waals surface area (Å²) in [4.78, 5) is 15.7. The minimum absolute atomic E-state index is 0.0640. The van der Waals surface area contributed by atoms with Crippen LogP contribution in [0, 0.1) is 5.41 Å². The molecule has 4 nitrogen and oxygen atoms in total. The van der Waals surface area contributed by atoms with Crippen molar-refractivity contribution in [3.05, 3.63) is 59.2 Å². The Balaban J connectivity index is 1.91. The van der Waals surface area contributed by atoms with Gasteiger partial charge >= 0.3 is 5.97 Å². The molecule has 0 aliphatic heterocycles. The molecule has 0 spiro atoms. The van der Waals surface area contributed by atoms with Crippen molar-refractivity contribution < 1.29 is 9.53 Å². The van der Waals surface area contributed by atoms with E-state index >= 15 is 0 Å². The number of nitrogens with zero attached hydrogens (tertiary/aromatic N) is 2. The van der Waals surface area contributed by atoms with Crippen molar-refractivity contribution in [1.29, 1.82) is 0 Å². The highest BCUT2D eigenvalue weighted by atomic mass is 16.5. The highest BCUT2D eigenvalue weighted by Gasteiger charge is 2.58. The van der Waals surface area contributed by atoms with Gasteiger partial charge < -0.3 is 14.2 Å². The van der Waals surface area contributed by atoms with E-state index in [0.29, 0.717) is 5.92 Å². The minimum Gasteiger partial charge on any atom is -0.469 e. The highest BCUT2D eigenvalue weighted by molar-refractivity contribution is 5.96. The van der Waals surface area contributed by atoms with Crippen LogP contribution in [0.15, 0.2) is 42.5 Å². The number of fused-ring (bicyclic) bond motifs is 8. The zero-order valence-electron chi connectivity index (χ0n) is 22.4. The number of hydrogen-bond donors (Lipinski definition) is 0. The molecular formula is C31H40N2O2. The molecule has 0 N–H and O–H groups in total. The van der Waals surface area contributed by atoms with Gasteiger partial charge in [-0.25, -0.2) is 0 Å². The van der Waals surface area contributed by atoms with Crippen molar-refractivity contribution in [1.82, 2.24) is 9.47 Å². The molecule has 186 valence electrons. The van der Waals surface area contributed by atoms with Gasteiger partial charge in [0.15, 0.2) is 0 Å². The molecule has 5 rings (SSSR count). The normalized spacial score (nSPS) is 25.5. The molecule has 3 atom stereocenters. The van der Waals surface area contributed by atoms with E-state index in [2.05, 4.69) is 93.7 Å². The number of esters is 1. The first-order chi connectivity index (χ1) is 16.6. The number of likely N-dealkylation sites (N-methyl/N-ethyl adjacent to an activating group) is 1. The van der Waals surface area contributed by atoms with Crippen molar-refractivity contribution in [2.24, 2.45) is 5.41 Å². The monoisotopic (exact) mass is 472 g/mol. The van der Waals surface area contributed by atoms with Crippen molar-refractivity contribution in [2.45, 2.75) is 70.8 Å². The lowest BCUT2D eigenvalue weighted by atomic mass is 9.49. The number of ether oxygens (including phenoxy) is 1. The van der Waals surface area contributed by atoms with Crippen molar-refractivity contribution >= 4 is 16.9 Å². The van der Waals surface area contributed by atoms with Crippen LogP contribution in [0.4, 0.5) is 0 Å². The summed E-state index contributed by atoms with van der Waals surface area (Å²) in [5, 5.41) is 1.29. The molecule has 1 heterocycles. The molecule has 2 aliphatic rings. The Morgan fingerprint density at radius 1 is 1.14 bits per heavy atom. The third-order valence-corrected chi connectivity index (χ3v) is 8.97. The molecule has 2 aromatic carbocycles. The molecule has 0 saturated heterocycles. The van der Waals surface area contributed by atoms with Gasteiger partial charge in [-0.3, -0.25) is 4.79 Å². The van der Waals surface area contributed by atoms with Gasteiger partial charge in [0, 0.05) is 40.9 Å². The predicted octanol–water partition coefficient (Wildman–Crippen LogP) is 6.71. The van der Waals surface area contributed by atoms with E-state index in [4.69, 9.17) is 4.74 Å². The number of para-hydroxylation sites is 1. The summed E-state index contributed by atoms with van der Waals surface area (Å²) in [5.74, 6) is 0.446. The van der Waals surface area contributed by atoms with E-state index in [9.17, 15) is 4.79 Å². The summed E-state index contributed by atoms with van der Waals surface area (Å²) in [6, 6.07) is 15.9. The fraction of sp³-hybridized carbons (Fsp3) is 0.516. The van der Waals surface area contributed by atoms with E-state index in [1.54, 1.807) is 7.11 Å². The van der Waals surface area contributed by atoms with Crippen LogP contribution in [0.3, 0.4) is 0 Å². The molecule has 4 heteroatoms. The maximum absolute atomic E-state index is 13.5. The number of methoxy groups -OCH3 is 1. The van der Waals surface area contributed by atoms with Gasteiger partial charge in [-0.1, -0.05) is 57.5 Å². The van der Waals surface area contributed by atoms with E-state index < -0.39 is 5.41 Å². The molecule has 0 unspecified atom stereocenters. The third-order valence-electron chi connectivity index (χ3n) is 8.97. The van der Waals surface area contributed by atoms with Crippen LogP contribution in [-0.4, -0.2) is 43.2 Å². The molecule has 0 radical (unpaired) electrons. The second kappa shape index (κ2) is 8.51. The van der Waals surface area contributed by atoms with Crippen LogP contribution in [0.5, 0.6) is 0 Å². The second-order valence-electron chi connectivity index (χ2n) is 11.8. The molecule has 0 bridgehead atoms. The molecular weight excluding hydrogens is 432 g/mol. The number of hydrogen-bond acceptors (Lipinski definition) is 3. The van der Waals surface area contributed by atoms with Crippen molar-refractivity contribution in [3.63, 3.8) is 0 Å². The number of rotatable bonds is 5. The molecule has 1 fully saturated rings. The molecule has 1 saturated carbocycles. The van der Waals surface area contributed by atoms with Gasteiger partial charge in [0.25, 0.3) is 0 Å². The van der Waals surface area contributed by atoms with E-state index in [1.165, 1.54) is 38.9 Å². The smallest absolute Gasteiger partial charge is 0.312 e. The molecule has 1 aromatic heterocycles. The summed E-state index contributed by atoms with van der Waals surface area (Å²) in [6.07, 6.45) is 2.96. The van der Waals surface area contributed by atoms with Gasteiger partial charge in [0.2, 0.25) is 0 Å². The molecule has 2 aliphatic carbocycles. The number of carbonyl (C=O) groups excluding carboxylic acids is 1. The van der Waals surface area contributed by atoms with E-state index in [-0.39, 0.29) is 17.3 Å². The fourth-order valence-corrected chi connectivity index (χ4v) is 7.26. The Kier molecular flexibility index (Phi) is 5.87. The third kappa shape index (κ3) is 3.48. The molecule has 35 heavy (non-hydrogen) atoms. The zero-order chi connectivity index (χ0) is 25.1. The molecule has 0 amide bonds. The summed E-state index contributed by atoms with van der Waals surface area (Å²) >= 11 is 0. The van der Waals surface area contributed by atoms with Gasteiger partial charge in [-0.2, -0.15) is 0 Å². The second-order valence-corrected chi connectivity index (χ2v) is 11.8. The average Bonchev–Trinajstić information content (AvgIpc) is 3.15. The SMILES string of the molecule is COC(=O)[C@]1(C)CCC[C@]2(C)c3ccc(C(C)C)cc3-c3c(c4ccccc4n3CCN(C)C)[C@@H]12. The van der Waals surface area contributed by atoms with Crippen LogP contribution in [0.2, 0.25) is 0 Å². The standard InChI is InChI=1S/C31H40N2O2/c1-20(2)21-13-14-24-23(19-21)27-26(22-11-8-9-12-25(22)33(27)18-17-32(5)6)28-30(24,3)15-10-16-31(28,4)29(34)35-7/h8-9,11-14,19-20,28H,10,15-18H2,1-7H3/t28-,30-,31-/m1/s1. The minimum atomic E-state index is -0.568. The van der Waals surface area contributed by atoms with Gasteiger partial charge in [0.1, 0.15) is 0 Å². The van der Waals surface area contributed by atoms with Crippen LogP contribution < -0.4 is 0 Å². The summed E-state index contributed by atoms with van der Waals surface area (Å²) in [6.45, 7) is 11.0. The first-order valence-electron chi connectivity index (χ1n) is 13.1. The van der Waals surface area contributed by atoms with Crippen molar-refractivity contribution in [3.8, 4) is 11.3 Å². The Labute approximate surface area is 210 Å². The number of benzene rings is 2. The lowest BCUT2D eigenvalue weighted by molar-refractivity contribution is -0.157. The van der Waals surface area contributed by atoms with E-state index in [0.717, 1.165) is 32.4 Å². The average molecular weight is 473 g/mol. The van der Waals surface area contributed by atoms with Gasteiger partial charge in [-0.15, -0.1) is 0 Å². The Bertz CT molecular complexity index is 1290. The van der Waals surface area contributed by atoms with E-state index in [1.807, 2.05) is 0 Å². The van der Waals surface area contributed by atoms with Crippen LogP contribution in [0.25, 0.3) is 22.2 Å². The van der Waals surface area contributed by atoms with Gasteiger partial charge in [-0.05, 0) is 68.6 Å². The Morgan fingerprint density at radius 2 is 1.89 bits per heavy atom. The topological polar surface area (TPSA) is 34.5 Å². The van der Waals surface area contributed by atoms with Gasteiger partial charge in [0.05, 0.1) is 18.2 Å². The van der Waals surface area contributed by atoms with Crippen LogP contribution in [0.1, 0.15) is 75.5 Å². The Morgan fingerprint density at radius 3 is 2.57 bits per heavy atom. The quantitative estimate of drug-likeness (QED) is 0.387. The maximum atomic E-state index is 13.5. The molecule has 3 aromatic rings. The highest BCUT2D eigenvalue weighted by Crippen LogP contribution is 2.65. The summed E-state index contributed by atoms with van der Waals surface area (Å²) < 4.78 is 8.01. The van der Waals surface area contributed by atoms with Crippen LogP contribution in [-0.2, 0) is 21.5 Å². The first kappa shape index (κ1) is 24.1. The largest absolute Gasteiger partial charge is 0.469 e. The number of carbonyl (C=O) groups is 1. The lowest BCUT2D eigenvalue weighted by Crippen LogP contribution is -2.50. The zero-order valence-corrected chi connectivity index (χ0v) is 22.4. The predicted molar refractivity (Wildman–Crippen MR) is 144 cm³/mol. The Hall–Kier alpha value is -2.59. The summed E-state index contributed by atoms with van der Waals surface area (Å²) in [7, 11) is 5.82. The maximum Gasteiger partial charge on any atom is 0.312 e. The lowest BCUT2D eigenvalue weighted by Gasteiger charge is -2.54. The summed E-state index contributed by atoms with van der Waals surface area (Å²) in [5.41, 5.74) is 7.34.